The zero-order valence-electron chi connectivity index (χ0n) is 18.7. The van der Waals surface area contributed by atoms with E-state index in [1.807, 2.05) is 11.5 Å². The van der Waals surface area contributed by atoms with Crippen LogP contribution in [-0.2, 0) is 20.9 Å². The van der Waals surface area contributed by atoms with E-state index >= 15 is 0 Å². The first-order valence-corrected chi connectivity index (χ1v) is 12.4. The number of rotatable bonds is 6. The smallest absolute Gasteiger partial charge is 0.352 e. The molecule has 0 aliphatic carbocycles. The maximum Gasteiger partial charge on any atom is 0.352 e. The van der Waals surface area contributed by atoms with Crippen molar-refractivity contribution < 1.29 is 29.3 Å². The van der Waals surface area contributed by atoms with Gasteiger partial charge in [0, 0.05) is 22.8 Å². The molecule has 0 radical (unpaired) electrons. The fourth-order valence-electron chi connectivity index (χ4n) is 4.25. The lowest BCUT2D eigenvalue weighted by Crippen LogP contribution is -2.71. The van der Waals surface area contributed by atoms with Crippen molar-refractivity contribution in [2.24, 2.45) is 5.16 Å². The quantitative estimate of drug-likeness (QED) is 0.0879. The Labute approximate surface area is 210 Å². The molecule has 0 bridgehead atoms. The molecule has 0 unspecified atom stereocenters. The van der Waals surface area contributed by atoms with Crippen molar-refractivity contribution in [2.45, 2.75) is 24.9 Å². The van der Waals surface area contributed by atoms with Crippen molar-refractivity contribution in [1.29, 1.82) is 0 Å². The van der Waals surface area contributed by atoms with Crippen LogP contribution in [-0.4, -0.2) is 70.5 Å². The molecule has 3 aromatic rings. The number of carbonyl (C=O) groups is 3. The number of thioether (sulfide) groups is 1. The number of nitrogen functional groups attached to an aromatic ring is 2. The van der Waals surface area contributed by atoms with Crippen LogP contribution < -0.4 is 21.4 Å². The van der Waals surface area contributed by atoms with Crippen molar-refractivity contribution in [2.75, 3.05) is 17.2 Å². The van der Waals surface area contributed by atoms with E-state index in [1.165, 1.54) is 22.0 Å². The van der Waals surface area contributed by atoms with Crippen molar-refractivity contribution in [3.05, 3.63) is 46.4 Å². The topological polar surface area (TPSA) is 205 Å². The predicted octanol–water partition coefficient (Wildman–Crippen LogP) is -0.832. The van der Waals surface area contributed by atoms with Crippen LogP contribution in [0.25, 0.3) is 5.65 Å². The van der Waals surface area contributed by atoms with E-state index in [4.69, 9.17) is 11.5 Å². The molecule has 5 heterocycles. The summed E-state index contributed by atoms with van der Waals surface area (Å²) < 4.78 is 3.42. The number of amides is 2. The second-order valence-corrected chi connectivity index (χ2v) is 10.0. The van der Waals surface area contributed by atoms with Crippen molar-refractivity contribution in [3.63, 3.8) is 0 Å². The van der Waals surface area contributed by atoms with E-state index in [2.05, 4.69) is 20.6 Å². The number of aryl methyl sites for hydroxylation is 1. The zero-order valence-corrected chi connectivity index (χ0v) is 20.3. The molecule has 0 saturated carbocycles. The second kappa shape index (κ2) is 8.80. The number of carbonyl (C=O) groups excluding carboxylic acids is 2. The summed E-state index contributed by atoms with van der Waals surface area (Å²) in [6.07, 6.45) is 1.59. The lowest BCUT2D eigenvalue weighted by atomic mass is 10.0. The van der Waals surface area contributed by atoms with Crippen LogP contribution in [0.2, 0.25) is 0 Å². The number of anilines is 2. The molecule has 0 aromatic carbocycles. The Morgan fingerprint density at radius 2 is 2.17 bits per heavy atom. The normalized spacial score (nSPS) is 19.9. The van der Waals surface area contributed by atoms with Gasteiger partial charge in [0.25, 0.3) is 11.8 Å². The third kappa shape index (κ3) is 3.70. The minimum Gasteiger partial charge on any atom is -0.477 e. The van der Waals surface area contributed by atoms with Crippen LogP contribution in [0.1, 0.15) is 11.4 Å². The molecule has 2 aliphatic rings. The summed E-state index contributed by atoms with van der Waals surface area (Å²) in [7, 11) is 0. The van der Waals surface area contributed by atoms with Crippen LogP contribution >= 0.6 is 23.1 Å². The number of nitrogens with one attached hydrogen (secondary N) is 1. The standard InChI is InChI=1S/C20H19N9O5S2/c1-8-4-11(21)29-12(2-3-23-29)27(8)5-9-6-35-18-14(17(31)28(18)15(9)19(32)33)25-16(30)13(26-34)10-7-36-20(22)24-10/h2-4,7,14,18,21H,5-6H2,1H3,(H5,22,24,25,30,32,33,34)/p+1/t14-,18-/m1/s1. The third-order valence-electron chi connectivity index (χ3n) is 5.89. The Balaban J connectivity index is 1.40. The minimum atomic E-state index is -1.25. The summed E-state index contributed by atoms with van der Waals surface area (Å²) in [5.74, 6) is -1.91. The summed E-state index contributed by atoms with van der Waals surface area (Å²) in [5.41, 5.74) is 13.1. The number of fused-ring (bicyclic) bond motifs is 2. The molecule has 0 spiro atoms. The maximum atomic E-state index is 13.0. The SMILES string of the molecule is Cc1cc(N)n2nccc2[n+]1CC1=C(C(=O)O)N2C(=O)[C@@H](NC(=O)/C(=N\O)c3csc(N)n3)[C@H]2SC1. The van der Waals surface area contributed by atoms with Gasteiger partial charge in [-0.3, -0.25) is 14.5 Å². The van der Waals surface area contributed by atoms with E-state index in [-0.39, 0.29) is 23.1 Å². The average Bonchev–Trinajstić information content (AvgIpc) is 3.49. The van der Waals surface area contributed by atoms with Gasteiger partial charge in [-0.05, 0) is 6.92 Å². The largest absolute Gasteiger partial charge is 0.477 e. The molecule has 3 aromatic heterocycles. The summed E-state index contributed by atoms with van der Waals surface area (Å²) in [5, 5.41) is 30.0. The van der Waals surface area contributed by atoms with Gasteiger partial charge < -0.3 is 27.1 Å². The Morgan fingerprint density at radius 3 is 2.83 bits per heavy atom. The lowest BCUT2D eigenvalue weighted by Gasteiger charge is -2.49. The number of carboxylic acid groups (broad SMARTS) is 1. The summed E-state index contributed by atoms with van der Waals surface area (Å²) >= 11 is 2.38. The molecule has 1 fully saturated rings. The molecular formula is C20H20N9O5S2+. The van der Waals surface area contributed by atoms with Gasteiger partial charge in [-0.25, -0.2) is 14.3 Å². The number of oxime groups is 1. The van der Waals surface area contributed by atoms with E-state index < -0.39 is 34.9 Å². The van der Waals surface area contributed by atoms with Gasteiger partial charge in [-0.1, -0.05) is 14.8 Å². The number of β-lactam (4-membered cyclic amide) rings is 1. The number of nitrogens with two attached hydrogens (primary N) is 2. The number of hydrogen-bond donors (Lipinski definition) is 5. The van der Waals surface area contributed by atoms with Gasteiger partial charge in [0.15, 0.2) is 10.8 Å². The van der Waals surface area contributed by atoms with Gasteiger partial charge in [-0.2, -0.15) is 0 Å². The number of hydrogen-bond acceptors (Lipinski definition) is 11. The highest BCUT2D eigenvalue weighted by molar-refractivity contribution is 8.00. The highest BCUT2D eigenvalue weighted by Crippen LogP contribution is 2.40. The predicted molar refractivity (Wildman–Crippen MR) is 129 cm³/mol. The fraction of sp³-hybridized carbons (Fsp3) is 0.250. The van der Waals surface area contributed by atoms with Gasteiger partial charge in [-0.15, -0.1) is 23.1 Å². The van der Waals surface area contributed by atoms with Gasteiger partial charge >= 0.3 is 11.6 Å². The number of nitrogens with zero attached hydrogens (tertiary/aromatic N) is 6. The Bertz CT molecular complexity index is 1490. The molecule has 1 saturated heterocycles. The molecule has 7 N–H and O–H groups in total. The van der Waals surface area contributed by atoms with Gasteiger partial charge in [0.05, 0.1) is 12.3 Å². The molecule has 16 heteroatoms. The first kappa shape index (κ1) is 23.6. The number of carboxylic acids is 1. The average molecular weight is 531 g/mol. The highest BCUT2D eigenvalue weighted by atomic mass is 32.2. The molecule has 36 heavy (non-hydrogen) atoms. The van der Waals surface area contributed by atoms with Crippen molar-refractivity contribution in [3.8, 4) is 0 Å². The molecule has 5 rings (SSSR count). The van der Waals surface area contributed by atoms with Gasteiger partial charge in [0.2, 0.25) is 5.82 Å². The Hall–Kier alpha value is -4.18. The zero-order chi connectivity index (χ0) is 25.7. The van der Waals surface area contributed by atoms with Crippen molar-refractivity contribution >= 4 is 63.2 Å². The van der Waals surface area contributed by atoms with Crippen LogP contribution in [0.15, 0.2) is 40.1 Å². The van der Waals surface area contributed by atoms with E-state index in [0.717, 1.165) is 17.0 Å². The fourth-order valence-corrected chi connectivity index (χ4v) is 6.14. The molecule has 2 aliphatic heterocycles. The number of aliphatic carboxylic acids is 1. The van der Waals surface area contributed by atoms with E-state index in [0.29, 0.717) is 22.8 Å². The first-order chi connectivity index (χ1) is 17.2. The summed E-state index contributed by atoms with van der Waals surface area (Å²) in [6.45, 7) is 2.05. The van der Waals surface area contributed by atoms with E-state index in [1.54, 1.807) is 22.8 Å². The van der Waals surface area contributed by atoms with Crippen LogP contribution in [0.5, 0.6) is 0 Å². The maximum absolute atomic E-state index is 13.0. The van der Waals surface area contributed by atoms with Crippen molar-refractivity contribution in [1.82, 2.24) is 24.8 Å². The summed E-state index contributed by atoms with van der Waals surface area (Å²) in [6, 6.07) is 2.49. The molecule has 14 nitrogen and oxygen atoms in total. The Kier molecular flexibility index (Phi) is 5.76. The molecule has 186 valence electrons. The minimum absolute atomic E-state index is 0.0629. The highest BCUT2D eigenvalue weighted by Gasteiger charge is 2.54. The monoisotopic (exact) mass is 530 g/mol. The van der Waals surface area contributed by atoms with E-state index in [9.17, 15) is 24.7 Å². The van der Waals surface area contributed by atoms with Gasteiger partial charge in [0.1, 0.15) is 35.0 Å². The number of aromatic nitrogens is 4. The van der Waals surface area contributed by atoms with Crippen LogP contribution in [0.4, 0.5) is 10.9 Å². The lowest BCUT2D eigenvalue weighted by molar-refractivity contribution is -0.672. The number of thiazole rings is 1. The molecular weight excluding hydrogens is 510 g/mol. The summed E-state index contributed by atoms with van der Waals surface area (Å²) in [4.78, 5) is 43.0. The first-order valence-electron chi connectivity index (χ1n) is 10.5. The third-order valence-corrected chi connectivity index (χ3v) is 7.90. The molecule has 2 atom stereocenters. The Morgan fingerprint density at radius 1 is 1.39 bits per heavy atom. The van der Waals surface area contributed by atoms with Crippen LogP contribution in [0, 0.1) is 6.92 Å². The molecule has 2 amide bonds. The van der Waals surface area contributed by atoms with Crippen LogP contribution in [0.3, 0.4) is 0 Å². The second-order valence-electron chi connectivity index (χ2n) is 8.04.